The molecule has 0 fully saturated rings. The average molecular weight is 386 g/mol. The number of rotatable bonds is 13. The van der Waals surface area contributed by atoms with Crippen LogP contribution in [0.5, 0.6) is 0 Å². The molecule has 0 aliphatic rings. The highest BCUT2D eigenvalue weighted by Gasteiger charge is 2.13. The van der Waals surface area contributed by atoms with Gasteiger partial charge in [-0.1, -0.05) is 82.9 Å². The second-order valence-corrected chi connectivity index (χ2v) is 8.73. The van der Waals surface area contributed by atoms with E-state index in [1.54, 1.807) is 30.3 Å². The molecule has 0 saturated heterocycles. The summed E-state index contributed by atoms with van der Waals surface area (Å²) in [5, 5.41) is 0. The third kappa shape index (κ3) is 15.4. The van der Waals surface area contributed by atoms with E-state index >= 15 is 0 Å². The molecule has 1 aromatic carbocycles. The minimum atomic E-state index is -3.57. The van der Waals surface area contributed by atoms with Gasteiger partial charge < -0.3 is 4.90 Å². The van der Waals surface area contributed by atoms with Crippen molar-refractivity contribution in [2.45, 2.75) is 76.0 Å². The van der Waals surface area contributed by atoms with Gasteiger partial charge in [-0.25, -0.2) is 0 Å². The Morgan fingerprint density at radius 1 is 0.769 bits per heavy atom. The number of hydrogen-bond acceptors (Lipinski definition) is 4. The first-order valence-electron chi connectivity index (χ1n) is 9.95. The number of benzene rings is 1. The summed E-state index contributed by atoms with van der Waals surface area (Å²) in [4.78, 5) is 2.24. The van der Waals surface area contributed by atoms with E-state index in [4.69, 9.17) is 4.18 Å². The van der Waals surface area contributed by atoms with Crippen LogP contribution in [0.3, 0.4) is 0 Å². The third-order valence-corrected chi connectivity index (χ3v) is 5.09. The summed E-state index contributed by atoms with van der Waals surface area (Å²) in [6.07, 6.45) is 12.3. The molecule has 0 aliphatic heterocycles. The molecule has 0 heterocycles. The van der Waals surface area contributed by atoms with Gasteiger partial charge >= 0.3 is 0 Å². The van der Waals surface area contributed by atoms with Gasteiger partial charge in [-0.05, 0) is 39.7 Å². The minimum Gasteiger partial charge on any atom is -0.312 e. The molecule has 26 heavy (non-hydrogen) atoms. The SMILES string of the molecule is CCCCCCCCCCCCOS(=O)(=O)c1ccccc1.CN(C)C. The van der Waals surface area contributed by atoms with Gasteiger partial charge in [0.1, 0.15) is 0 Å². The van der Waals surface area contributed by atoms with Crippen molar-refractivity contribution in [2.75, 3.05) is 27.7 Å². The second-order valence-electron chi connectivity index (χ2n) is 7.11. The van der Waals surface area contributed by atoms with Crippen molar-refractivity contribution >= 4 is 10.1 Å². The number of hydrogen-bond donors (Lipinski definition) is 0. The molecular weight excluding hydrogens is 346 g/mol. The van der Waals surface area contributed by atoms with Crippen molar-refractivity contribution in [3.8, 4) is 0 Å². The molecule has 0 saturated carbocycles. The average Bonchev–Trinajstić information content (AvgIpc) is 2.60. The fourth-order valence-corrected chi connectivity index (χ4v) is 3.38. The molecule has 1 rings (SSSR count). The van der Waals surface area contributed by atoms with Crippen LogP contribution >= 0.6 is 0 Å². The van der Waals surface area contributed by atoms with Crippen LogP contribution in [-0.2, 0) is 14.3 Å². The Bertz CT molecular complexity index is 513. The van der Waals surface area contributed by atoms with Crippen LogP contribution in [0.2, 0.25) is 0 Å². The van der Waals surface area contributed by atoms with Crippen molar-refractivity contribution in [3.05, 3.63) is 30.3 Å². The van der Waals surface area contributed by atoms with Gasteiger partial charge in [-0.15, -0.1) is 0 Å². The van der Waals surface area contributed by atoms with Gasteiger partial charge in [0.05, 0.1) is 11.5 Å². The molecule has 5 heteroatoms. The van der Waals surface area contributed by atoms with Crippen molar-refractivity contribution in [1.29, 1.82) is 0 Å². The Balaban J connectivity index is 0.00000141. The first-order valence-corrected chi connectivity index (χ1v) is 11.4. The molecule has 152 valence electrons. The van der Waals surface area contributed by atoms with E-state index in [1.807, 2.05) is 26.0 Å². The van der Waals surface area contributed by atoms with Crippen LogP contribution in [0.25, 0.3) is 0 Å². The van der Waals surface area contributed by atoms with Gasteiger partial charge in [0, 0.05) is 0 Å². The van der Waals surface area contributed by atoms with E-state index in [0.717, 1.165) is 12.8 Å². The highest BCUT2D eigenvalue weighted by Crippen LogP contribution is 2.13. The Morgan fingerprint density at radius 3 is 1.65 bits per heavy atom. The molecule has 0 aliphatic carbocycles. The topological polar surface area (TPSA) is 46.6 Å². The van der Waals surface area contributed by atoms with E-state index in [2.05, 4.69) is 6.92 Å². The van der Waals surface area contributed by atoms with E-state index in [-0.39, 0.29) is 11.5 Å². The Labute approximate surface area is 162 Å². The smallest absolute Gasteiger partial charge is 0.296 e. The lowest BCUT2D eigenvalue weighted by molar-refractivity contribution is 0.306. The molecule has 0 spiro atoms. The highest BCUT2D eigenvalue weighted by molar-refractivity contribution is 7.86. The van der Waals surface area contributed by atoms with Gasteiger partial charge in [0.2, 0.25) is 0 Å². The Morgan fingerprint density at radius 2 is 1.19 bits per heavy atom. The van der Waals surface area contributed by atoms with Crippen LogP contribution in [0.1, 0.15) is 71.1 Å². The Kier molecular flexibility index (Phi) is 15.7. The van der Waals surface area contributed by atoms with E-state index in [0.29, 0.717) is 0 Å². The normalized spacial score (nSPS) is 11.3. The van der Waals surface area contributed by atoms with Gasteiger partial charge in [-0.3, -0.25) is 4.18 Å². The van der Waals surface area contributed by atoms with Crippen LogP contribution in [0.15, 0.2) is 35.2 Å². The summed E-state index contributed by atoms with van der Waals surface area (Å²) in [6, 6.07) is 8.33. The molecule has 0 bridgehead atoms. The summed E-state index contributed by atoms with van der Waals surface area (Å²) >= 11 is 0. The summed E-state index contributed by atoms with van der Waals surface area (Å²) in [5.41, 5.74) is 0. The largest absolute Gasteiger partial charge is 0.312 e. The van der Waals surface area contributed by atoms with Crippen LogP contribution in [-0.4, -0.2) is 41.1 Å². The zero-order valence-corrected chi connectivity index (χ0v) is 18.1. The third-order valence-electron chi connectivity index (χ3n) is 3.77. The van der Waals surface area contributed by atoms with E-state index in [9.17, 15) is 8.42 Å². The predicted molar refractivity (Wildman–Crippen MR) is 111 cm³/mol. The van der Waals surface area contributed by atoms with Crippen LogP contribution in [0, 0.1) is 0 Å². The maximum Gasteiger partial charge on any atom is 0.296 e. The lowest BCUT2D eigenvalue weighted by atomic mass is 10.1. The van der Waals surface area contributed by atoms with Gasteiger partial charge in [0.15, 0.2) is 0 Å². The standard InChI is InChI=1S/C18H30O3S.C3H9N/c1-2-3-4-5-6-7-8-9-10-14-17-21-22(19,20)18-15-12-11-13-16-18;1-4(2)3/h11-13,15-16H,2-10,14,17H2,1H3;1-3H3. The monoisotopic (exact) mass is 385 g/mol. The van der Waals surface area contributed by atoms with Gasteiger partial charge in [-0.2, -0.15) is 8.42 Å². The molecule has 0 amide bonds. The maximum absolute atomic E-state index is 11.9. The first kappa shape index (κ1) is 25.1. The molecule has 0 unspecified atom stereocenters. The zero-order chi connectivity index (χ0) is 19.7. The number of nitrogens with zero attached hydrogens (tertiary/aromatic N) is 1. The molecule has 0 aromatic heterocycles. The molecule has 4 nitrogen and oxygen atoms in total. The fourth-order valence-electron chi connectivity index (χ4n) is 2.41. The summed E-state index contributed by atoms with van der Waals surface area (Å²) in [7, 11) is 2.43. The lowest BCUT2D eigenvalue weighted by Gasteiger charge is -2.05. The van der Waals surface area contributed by atoms with Crippen molar-refractivity contribution < 1.29 is 12.6 Å². The molecule has 0 atom stereocenters. The summed E-state index contributed by atoms with van der Waals surface area (Å²) < 4.78 is 28.8. The van der Waals surface area contributed by atoms with E-state index < -0.39 is 10.1 Å². The lowest BCUT2D eigenvalue weighted by Crippen LogP contribution is -2.07. The summed E-state index contributed by atoms with van der Waals surface area (Å²) in [5.74, 6) is 0. The van der Waals surface area contributed by atoms with Crippen LogP contribution in [0.4, 0.5) is 0 Å². The predicted octanol–water partition coefficient (Wildman–Crippen LogP) is 5.49. The van der Waals surface area contributed by atoms with E-state index in [1.165, 1.54) is 51.4 Å². The second kappa shape index (κ2) is 16.3. The van der Waals surface area contributed by atoms with Crippen molar-refractivity contribution in [2.24, 2.45) is 0 Å². The molecular formula is C21H39NO3S. The first-order chi connectivity index (χ1) is 12.4. The Hall–Kier alpha value is -0.910. The zero-order valence-electron chi connectivity index (χ0n) is 17.2. The van der Waals surface area contributed by atoms with Gasteiger partial charge in [0.25, 0.3) is 10.1 Å². The molecule has 0 radical (unpaired) electrons. The maximum atomic E-state index is 11.9. The minimum absolute atomic E-state index is 0.238. The molecule has 1 aromatic rings. The number of unbranched alkanes of at least 4 members (excludes halogenated alkanes) is 9. The molecule has 0 N–H and O–H groups in total. The highest BCUT2D eigenvalue weighted by atomic mass is 32.2. The quantitative estimate of drug-likeness (QED) is 0.333. The van der Waals surface area contributed by atoms with Crippen molar-refractivity contribution in [3.63, 3.8) is 0 Å². The summed E-state index contributed by atoms with van der Waals surface area (Å²) in [6.45, 7) is 2.52. The fraction of sp³-hybridized carbons (Fsp3) is 0.714. The van der Waals surface area contributed by atoms with Crippen molar-refractivity contribution in [1.82, 2.24) is 4.90 Å². The van der Waals surface area contributed by atoms with Crippen LogP contribution < -0.4 is 0 Å².